The van der Waals surface area contributed by atoms with Crippen molar-refractivity contribution in [2.45, 2.75) is 52.5 Å². The van der Waals surface area contributed by atoms with Gasteiger partial charge in [-0.1, -0.05) is 29.8 Å². The summed E-state index contributed by atoms with van der Waals surface area (Å²) >= 11 is 1.28. The van der Waals surface area contributed by atoms with Gasteiger partial charge in [-0.2, -0.15) is 4.98 Å². The molecule has 3 rings (SSSR count). The Bertz CT molecular complexity index is 1210. The quantitative estimate of drug-likeness (QED) is 0.282. The Kier molecular flexibility index (Phi) is 9.55. The van der Waals surface area contributed by atoms with Gasteiger partial charge in [0.25, 0.3) is 0 Å². The van der Waals surface area contributed by atoms with Crippen molar-refractivity contribution in [3.63, 3.8) is 0 Å². The Morgan fingerprint density at radius 2 is 1.81 bits per heavy atom. The molecule has 0 aliphatic rings. The van der Waals surface area contributed by atoms with Crippen molar-refractivity contribution in [2.24, 2.45) is 0 Å². The monoisotopic (exact) mass is 510 g/mol. The minimum absolute atomic E-state index is 0.151. The van der Waals surface area contributed by atoms with Crippen molar-refractivity contribution in [2.75, 3.05) is 26.0 Å². The molecule has 0 amide bonds. The Balaban J connectivity index is 1.80. The number of hydrogen-bond acceptors (Lipinski definition) is 9. The van der Waals surface area contributed by atoms with Crippen LogP contribution in [0.3, 0.4) is 0 Å². The number of nitrogens with one attached hydrogen (secondary N) is 1. The number of aromatic nitrogens is 2. The van der Waals surface area contributed by atoms with Crippen LogP contribution in [0.25, 0.3) is 0 Å². The van der Waals surface area contributed by atoms with Gasteiger partial charge < -0.3 is 24.7 Å². The van der Waals surface area contributed by atoms with E-state index in [1.807, 2.05) is 25.1 Å². The number of hydrogen-bond donors (Lipinski definition) is 2. The van der Waals surface area contributed by atoms with E-state index in [0.29, 0.717) is 25.5 Å². The van der Waals surface area contributed by atoms with Crippen LogP contribution in [0.15, 0.2) is 35.2 Å². The summed E-state index contributed by atoms with van der Waals surface area (Å²) in [6, 6.07) is 10.2. The maximum atomic E-state index is 11.6. The molecule has 0 unspecified atom stereocenters. The van der Waals surface area contributed by atoms with Crippen molar-refractivity contribution < 1.29 is 18.5 Å². The molecule has 0 radical (unpaired) electrons. The first-order valence-electron chi connectivity index (χ1n) is 11.8. The molecule has 0 bridgehead atoms. The van der Waals surface area contributed by atoms with Crippen LogP contribution in [0.1, 0.15) is 46.0 Å². The fraction of sp³-hybridized carbons (Fsp3) is 0.370. The molecule has 0 spiro atoms. The molecule has 0 atom stereocenters. The maximum absolute atomic E-state index is 11.6. The van der Waals surface area contributed by atoms with Crippen molar-refractivity contribution >= 4 is 24.0 Å². The number of rotatable bonds is 11. The molecule has 0 aliphatic heterocycles. The number of carbonyl (C=O) groups is 1. The predicted octanol–water partition coefficient (Wildman–Crippen LogP) is 4.63. The van der Waals surface area contributed by atoms with E-state index in [4.69, 9.17) is 19.4 Å². The summed E-state index contributed by atoms with van der Waals surface area (Å²) in [7, 11) is 1.64. The molecule has 3 N–H and O–H groups in total. The summed E-state index contributed by atoms with van der Waals surface area (Å²) in [6.45, 7) is 10.9. The van der Waals surface area contributed by atoms with Gasteiger partial charge in [0, 0.05) is 18.5 Å². The van der Waals surface area contributed by atoms with Gasteiger partial charge in [-0.25, -0.2) is 4.98 Å². The van der Waals surface area contributed by atoms with Crippen LogP contribution in [0.2, 0.25) is 0 Å². The number of benzene rings is 2. The Hall–Kier alpha value is -3.30. The van der Waals surface area contributed by atoms with E-state index in [-0.39, 0.29) is 18.5 Å². The lowest BCUT2D eigenvalue weighted by molar-refractivity contribution is -0.142. The number of aryl methyl sites for hydroxylation is 4. The van der Waals surface area contributed by atoms with Gasteiger partial charge in [0.1, 0.15) is 5.75 Å². The summed E-state index contributed by atoms with van der Waals surface area (Å²) < 4.78 is 16.8. The minimum Gasteiger partial charge on any atom is -0.496 e. The van der Waals surface area contributed by atoms with E-state index < -0.39 is 0 Å². The highest BCUT2D eigenvalue weighted by atomic mass is 32.2. The molecule has 3 aromatic rings. The highest BCUT2D eigenvalue weighted by Gasteiger charge is 2.17. The number of methoxy groups -OCH3 is 1. The van der Waals surface area contributed by atoms with E-state index in [2.05, 4.69) is 48.2 Å². The number of nitrogens with two attached hydrogens (primary N) is 1. The zero-order valence-corrected chi connectivity index (χ0v) is 22.5. The Morgan fingerprint density at radius 3 is 2.47 bits per heavy atom. The van der Waals surface area contributed by atoms with Crippen LogP contribution in [0.5, 0.6) is 11.6 Å². The van der Waals surface area contributed by atoms with E-state index in [1.165, 1.54) is 17.6 Å². The van der Waals surface area contributed by atoms with Gasteiger partial charge in [-0.15, -0.1) is 0 Å². The lowest BCUT2D eigenvalue weighted by atomic mass is 10.0. The van der Waals surface area contributed by atoms with Crippen LogP contribution in [0, 0.1) is 27.7 Å². The van der Waals surface area contributed by atoms with Gasteiger partial charge in [0.05, 0.1) is 42.9 Å². The predicted molar refractivity (Wildman–Crippen MR) is 142 cm³/mol. The topological polar surface area (TPSA) is 109 Å². The maximum Gasteiger partial charge on any atom is 0.319 e. The first-order chi connectivity index (χ1) is 17.2. The second-order valence-electron chi connectivity index (χ2n) is 8.58. The molecule has 0 aliphatic carbocycles. The lowest BCUT2D eigenvalue weighted by Crippen LogP contribution is -2.24. The standard InChI is InChI=1S/C27H34N4O4S/c1-7-34-24(32)15-29-14-20-8-9-21(23(12-20)33-6)13-22-19(5)30-27(28)31-26(22)35-36-25-17(3)10-16(2)11-18(25)4/h8-12,29H,7,13-15H2,1-6H3,(H2,28,30,31). The molecule has 1 heterocycles. The summed E-state index contributed by atoms with van der Waals surface area (Å²) in [4.78, 5) is 21.4. The van der Waals surface area contributed by atoms with E-state index in [9.17, 15) is 4.79 Å². The van der Waals surface area contributed by atoms with Gasteiger partial charge in [0.15, 0.2) is 0 Å². The van der Waals surface area contributed by atoms with Gasteiger partial charge in [-0.3, -0.25) is 4.79 Å². The van der Waals surface area contributed by atoms with E-state index in [0.717, 1.165) is 44.2 Å². The highest BCUT2D eigenvalue weighted by Crippen LogP contribution is 2.34. The average molecular weight is 511 g/mol. The minimum atomic E-state index is -0.277. The van der Waals surface area contributed by atoms with Crippen LogP contribution >= 0.6 is 12.0 Å². The first kappa shape index (κ1) is 27.3. The van der Waals surface area contributed by atoms with E-state index in [1.54, 1.807) is 14.0 Å². The SMILES string of the molecule is CCOC(=O)CNCc1ccc(Cc2c(C)nc(N)nc2OSc2c(C)cc(C)cc2C)c(OC)c1. The van der Waals surface area contributed by atoms with Gasteiger partial charge >= 0.3 is 5.97 Å². The fourth-order valence-corrected chi connectivity index (χ4v) is 4.68. The molecular formula is C27H34N4O4S. The third kappa shape index (κ3) is 7.11. The van der Waals surface area contributed by atoms with E-state index >= 15 is 0 Å². The number of ether oxygens (including phenoxy) is 2. The highest BCUT2D eigenvalue weighted by molar-refractivity contribution is 7.95. The number of esters is 1. The average Bonchev–Trinajstić information content (AvgIpc) is 2.81. The third-order valence-corrected chi connectivity index (χ3v) is 6.68. The van der Waals surface area contributed by atoms with Crippen LogP contribution < -0.4 is 20.0 Å². The van der Waals surface area contributed by atoms with Crippen molar-refractivity contribution in [3.05, 3.63) is 69.4 Å². The smallest absolute Gasteiger partial charge is 0.319 e. The number of anilines is 1. The molecule has 0 saturated carbocycles. The van der Waals surface area contributed by atoms with Gasteiger partial charge in [-0.05, 0) is 62.9 Å². The van der Waals surface area contributed by atoms with Crippen LogP contribution in [-0.2, 0) is 22.5 Å². The molecule has 2 aromatic carbocycles. The lowest BCUT2D eigenvalue weighted by Gasteiger charge is -2.16. The van der Waals surface area contributed by atoms with Gasteiger partial charge in [0.2, 0.25) is 11.8 Å². The molecule has 0 fully saturated rings. The number of nitrogens with zero attached hydrogens (tertiary/aromatic N) is 2. The summed E-state index contributed by atoms with van der Waals surface area (Å²) in [5.74, 6) is 1.05. The molecule has 1 aromatic heterocycles. The van der Waals surface area contributed by atoms with Crippen molar-refractivity contribution in [3.8, 4) is 11.6 Å². The molecule has 8 nitrogen and oxygen atoms in total. The van der Waals surface area contributed by atoms with Crippen molar-refractivity contribution in [1.29, 1.82) is 0 Å². The van der Waals surface area contributed by atoms with Crippen LogP contribution in [-0.4, -0.2) is 36.2 Å². The number of carbonyl (C=O) groups excluding carboxylic acids is 1. The zero-order valence-electron chi connectivity index (χ0n) is 21.7. The zero-order chi connectivity index (χ0) is 26.2. The normalized spacial score (nSPS) is 10.8. The molecule has 36 heavy (non-hydrogen) atoms. The van der Waals surface area contributed by atoms with Crippen molar-refractivity contribution in [1.82, 2.24) is 15.3 Å². The molecule has 9 heteroatoms. The number of nitrogen functional groups attached to an aromatic ring is 1. The molecule has 0 saturated heterocycles. The second-order valence-corrected chi connectivity index (χ2v) is 9.32. The molecular weight excluding hydrogens is 476 g/mol. The van der Waals surface area contributed by atoms with Crippen LogP contribution in [0.4, 0.5) is 5.95 Å². The first-order valence-corrected chi connectivity index (χ1v) is 12.5. The molecule has 192 valence electrons. The largest absolute Gasteiger partial charge is 0.496 e. The fourth-order valence-electron chi connectivity index (χ4n) is 4.00. The Labute approximate surface area is 217 Å². The summed E-state index contributed by atoms with van der Waals surface area (Å²) in [6.07, 6.45) is 0.508. The summed E-state index contributed by atoms with van der Waals surface area (Å²) in [5, 5.41) is 3.09. The third-order valence-electron chi connectivity index (χ3n) is 5.62. The summed E-state index contributed by atoms with van der Waals surface area (Å²) in [5.41, 5.74) is 13.0. The Morgan fingerprint density at radius 1 is 1.08 bits per heavy atom. The second kappa shape index (κ2) is 12.6.